The summed E-state index contributed by atoms with van der Waals surface area (Å²) in [6, 6.07) is 0. The second kappa shape index (κ2) is 25.0. The molecule has 0 bridgehead atoms. The molecule has 0 aliphatic heterocycles. The van der Waals surface area contributed by atoms with Crippen LogP contribution in [0.2, 0.25) is 0 Å². The fourth-order valence-electron chi connectivity index (χ4n) is 3.39. The molecule has 0 spiro atoms. The number of carbonyl (C=O) groups is 2. The summed E-state index contributed by atoms with van der Waals surface area (Å²) in [5, 5.41) is 9.38. The van der Waals surface area contributed by atoms with Gasteiger partial charge in [0.05, 0.1) is 6.61 Å². The van der Waals surface area contributed by atoms with Gasteiger partial charge in [-0.1, -0.05) is 95.9 Å². The van der Waals surface area contributed by atoms with Crippen LogP contribution in [-0.4, -0.2) is 36.4 Å². The molecule has 5 heteroatoms. The molecule has 0 heterocycles. The molecular weight excluding hydrogens is 416 g/mol. The highest BCUT2D eigenvalue weighted by molar-refractivity contribution is 5.70. The van der Waals surface area contributed by atoms with Crippen LogP contribution in [0.1, 0.15) is 123 Å². The Balaban J connectivity index is 3.64. The van der Waals surface area contributed by atoms with Crippen LogP contribution < -0.4 is 0 Å². The predicted octanol–water partition coefficient (Wildman–Crippen LogP) is 7.22. The third-order valence-corrected chi connectivity index (χ3v) is 5.50. The smallest absolute Gasteiger partial charge is 0.306 e. The summed E-state index contributed by atoms with van der Waals surface area (Å²) in [4.78, 5) is 23.7. The van der Waals surface area contributed by atoms with Crippen molar-refractivity contribution in [2.24, 2.45) is 0 Å². The Morgan fingerprint density at radius 3 is 1.88 bits per heavy atom. The first-order valence-electron chi connectivity index (χ1n) is 13.4. The molecule has 1 unspecified atom stereocenters. The zero-order valence-corrected chi connectivity index (χ0v) is 21.4. The maximum absolute atomic E-state index is 12.0. The van der Waals surface area contributed by atoms with Gasteiger partial charge in [-0.3, -0.25) is 9.59 Å². The van der Waals surface area contributed by atoms with E-state index in [0.717, 1.165) is 51.4 Å². The lowest BCUT2D eigenvalue weighted by Crippen LogP contribution is -2.28. The summed E-state index contributed by atoms with van der Waals surface area (Å²) in [5.41, 5.74) is 0. The number of aliphatic hydroxyl groups excluding tert-OH is 1. The van der Waals surface area contributed by atoms with Crippen LogP contribution >= 0.6 is 0 Å². The minimum atomic E-state index is -0.769. The molecule has 192 valence electrons. The minimum Gasteiger partial charge on any atom is -0.462 e. The van der Waals surface area contributed by atoms with Crippen LogP contribution in [0.15, 0.2) is 24.3 Å². The Morgan fingerprint density at radius 1 is 0.697 bits per heavy atom. The molecular formula is C28H50O5. The number of carbonyl (C=O) groups excluding carboxylic acids is 2. The molecule has 5 nitrogen and oxygen atoms in total. The van der Waals surface area contributed by atoms with Gasteiger partial charge in [-0.15, -0.1) is 0 Å². The van der Waals surface area contributed by atoms with E-state index in [-0.39, 0.29) is 25.2 Å². The average Bonchev–Trinajstić information content (AvgIpc) is 2.81. The Kier molecular flexibility index (Phi) is 23.8. The first kappa shape index (κ1) is 31.4. The molecule has 0 aliphatic carbocycles. The van der Waals surface area contributed by atoms with Gasteiger partial charge in [0.1, 0.15) is 6.61 Å². The molecule has 1 atom stereocenters. The molecule has 0 radical (unpaired) electrons. The van der Waals surface area contributed by atoms with E-state index < -0.39 is 6.10 Å². The number of aliphatic hydroxyl groups is 1. The van der Waals surface area contributed by atoms with Crippen molar-refractivity contribution in [2.75, 3.05) is 13.2 Å². The van der Waals surface area contributed by atoms with E-state index in [0.29, 0.717) is 12.8 Å². The second-order valence-corrected chi connectivity index (χ2v) is 8.77. The molecule has 0 saturated heterocycles. The number of ether oxygens (including phenoxy) is 2. The Labute approximate surface area is 203 Å². The van der Waals surface area contributed by atoms with Gasteiger partial charge in [0.2, 0.25) is 0 Å². The summed E-state index contributed by atoms with van der Waals surface area (Å²) >= 11 is 0. The summed E-state index contributed by atoms with van der Waals surface area (Å²) in [7, 11) is 0. The molecule has 0 aromatic carbocycles. The Hall–Kier alpha value is -1.62. The average molecular weight is 467 g/mol. The monoisotopic (exact) mass is 466 g/mol. The van der Waals surface area contributed by atoms with Crippen molar-refractivity contribution in [1.82, 2.24) is 0 Å². The topological polar surface area (TPSA) is 72.8 Å². The largest absolute Gasteiger partial charge is 0.462 e. The number of hydrogen-bond acceptors (Lipinski definition) is 5. The number of hydrogen-bond donors (Lipinski definition) is 1. The number of unbranched alkanes of at least 4 members (excludes halogenated alkanes) is 11. The normalized spacial score (nSPS) is 12.5. The van der Waals surface area contributed by atoms with Crippen molar-refractivity contribution in [3.63, 3.8) is 0 Å². The Morgan fingerprint density at radius 2 is 1.24 bits per heavy atom. The van der Waals surface area contributed by atoms with E-state index in [2.05, 4.69) is 38.2 Å². The van der Waals surface area contributed by atoms with Gasteiger partial charge in [-0.25, -0.2) is 0 Å². The van der Waals surface area contributed by atoms with Crippen LogP contribution in [0.3, 0.4) is 0 Å². The van der Waals surface area contributed by atoms with Gasteiger partial charge >= 0.3 is 11.9 Å². The van der Waals surface area contributed by atoms with Crippen molar-refractivity contribution in [3.8, 4) is 0 Å². The number of rotatable bonds is 23. The summed E-state index contributed by atoms with van der Waals surface area (Å²) in [6.07, 6.45) is 25.4. The van der Waals surface area contributed by atoms with E-state index in [1.165, 1.54) is 44.9 Å². The molecule has 0 fully saturated rings. The van der Waals surface area contributed by atoms with Crippen LogP contribution in [0, 0.1) is 0 Å². The maximum atomic E-state index is 12.0. The van der Waals surface area contributed by atoms with E-state index >= 15 is 0 Å². The third-order valence-electron chi connectivity index (χ3n) is 5.50. The van der Waals surface area contributed by atoms with Crippen molar-refractivity contribution in [1.29, 1.82) is 0 Å². The Bertz CT molecular complexity index is 512. The first-order valence-corrected chi connectivity index (χ1v) is 13.4. The van der Waals surface area contributed by atoms with Crippen molar-refractivity contribution >= 4 is 11.9 Å². The number of esters is 2. The van der Waals surface area contributed by atoms with Crippen molar-refractivity contribution in [3.05, 3.63) is 24.3 Å². The minimum absolute atomic E-state index is 0.0713. The molecule has 0 aliphatic rings. The fraction of sp³-hybridized carbons (Fsp3) is 0.786. The quantitative estimate of drug-likeness (QED) is 0.0977. The maximum Gasteiger partial charge on any atom is 0.306 e. The van der Waals surface area contributed by atoms with Crippen LogP contribution in [0.25, 0.3) is 0 Å². The van der Waals surface area contributed by atoms with Crippen molar-refractivity contribution < 1.29 is 24.2 Å². The van der Waals surface area contributed by atoms with E-state index in [1.807, 2.05) is 0 Å². The molecule has 0 aromatic heterocycles. The van der Waals surface area contributed by atoms with Crippen LogP contribution in [-0.2, 0) is 19.1 Å². The van der Waals surface area contributed by atoms with Gasteiger partial charge in [-0.2, -0.15) is 0 Å². The SMILES string of the molecule is CCCC/C=C\C/C=C\CCCCCCCC(=O)OC(CO)COC(=O)CCCCCCC. The van der Waals surface area contributed by atoms with Crippen molar-refractivity contribution in [2.45, 2.75) is 129 Å². The van der Waals surface area contributed by atoms with E-state index in [9.17, 15) is 14.7 Å². The highest BCUT2D eigenvalue weighted by Crippen LogP contribution is 2.10. The second-order valence-electron chi connectivity index (χ2n) is 8.77. The molecule has 0 aromatic rings. The standard InChI is InChI=1S/C28H50O5/c1-3-5-7-9-10-11-12-13-14-15-16-17-19-21-23-28(31)33-26(24-29)25-32-27(30)22-20-18-8-6-4-2/h9-10,12-13,26,29H,3-8,11,14-25H2,1-2H3/b10-9-,13-12-. The lowest BCUT2D eigenvalue weighted by Gasteiger charge is -2.15. The summed E-state index contributed by atoms with van der Waals surface area (Å²) < 4.78 is 10.4. The molecule has 33 heavy (non-hydrogen) atoms. The number of allylic oxidation sites excluding steroid dienone is 4. The van der Waals surface area contributed by atoms with Gasteiger partial charge < -0.3 is 14.6 Å². The van der Waals surface area contributed by atoms with Crippen LogP contribution in [0.5, 0.6) is 0 Å². The summed E-state index contributed by atoms with van der Waals surface area (Å²) in [6.45, 7) is 3.96. The van der Waals surface area contributed by atoms with E-state index in [1.54, 1.807) is 0 Å². The zero-order chi connectivity index (χ0) is 24.4. The van der Waals surface area contributed by atoms with Gasteiger partial charge in [0, 0.05) is 12.8 Å². The molecule has 1 N–H and O–H groups in total. The molecule has 0 saturated carbocycles. The lowest BCUT2D eigenvalue weighted by atomic mass is 10.1. The third kappa shape index (κ3) is 23.3. The highest BCUT2D eigenvalue weighted by atomic mass is 16.6. The van der Waals surface area contributed by atoms with Crippen LogP contribution in [0.4, 0.5) is 0 Å². The first-order chi connectivity index (χ1) is 16.1. The fourth-order valence-corrected chi connectivity index (χ4v) is 3.39. The van der Waals surface area contributed by atoms with E-state index in [4.69, 9.17) is 9.47 Å². The van der Waals surface area contributed by atoms with Gasteiger partial charge in [0.15, 0.2) is 6.10 Å². The highest BCUT2D eigenvalue weighted by Gasteiger charge is 2.16. The van der Waals surface area contributed by atoms with Gasteiger partial charge in [-0.05, 0) is 38.5 Å². The predicted molar refractivity (Wildman–Crippen MR) is 136 cm³/mol. The summed E-state index contributed by atoms with van der Waals surface area (Å²) in [5.74, 6) is -0.626. The molecule has 0 amide bonds. The zero-order valence-electron chi connectivity index (χ0n) is 21.4. The molecule has 0 rings (SSSR count). The van der Waals surface area contributed by atoms with Gasteiger partial charge in [0.25, 0.3) is 0 Å². The lowest BCUT2D eigenvalue weighted by molar-refractivity contribution is -0.161.